The zero-order valence-corrected chi connectivity index (χ0v) is 12.0. The lowest BCUT2D eigenvalue weighted by atomic mass is 10.2. The Hall–Kier alpha value is -2.53. The van der Waals surface area contributed by atoms with Crippen molar-refractivity contribution in [3.8, 4) is 17.2 Å². The summed E-state index contributed by atoms with van der Waals surface area (Å²) in [6.07, 6.45) is -0.654. The predicted octanol–water partition coefficient (Wildman–Crippen LogP) is 2.54. The van der Waals surface area contributed by atoms with Gasteiger partial charge in [-0.15, -0.1) is 0 Å². The second-order valence-corrected chi connectivity index (χ2v) is 4.66. The highest BCUT2D eigenvalue weighted by molar-refractivity contribution is 5.80. The number of hydrogen-bond donors (Lipinski definition) is 2. The number of aryl methyl sites for hydroxylation is 1. The Labute approximate surface area is 123 Å². The lowest BCUT2D eigenvalue weighted by Gasteiger charge is -2.13. The van der Waals surface area contributed by atoms with Crippen molar-refractivity contribution in [1.82, 2.24) is 5.43 Å². The lowest BCUT2D eigenvalue weighted by molar-refractivity contribution is -0.127. The van der Waals surface area contributed by atoms with Crippen LogP contribution in [0.2, 0.25) is 0 Å². The number of carbonyl (C=O) groups excluding carboxylic acids is 1. The van der Waals surface area contributed by atoms with Gasteiger partial charge in [0.25, 0.3) is 5.91 Å². The first-order valence-corrected chi connectivity index (χ1v) is 6.60. The van der Waals surface area contributed by atoms with Gasteiger partial charge in [0.15, 0.2) is 6.10 Å². The molecule has 2 aromatic carbocycles. The summed E-state index contributed by atoms with van der Waals surface area (Å²) in [5.74, 6) is 6.70. The third-order valence-corrected chi connectivity index (χ3v) is 2.90. The summed E-state index contributed by atoms with van der Waals surface area (Å²) >= 11 is 0. The van der Waals surface area contributed by atoms with E-state index in [1.54, 1.807) is 31.2 Å². The molecule has 0 saturated carbocycles. The fourth-order valence-corrected chi connectivity index (χ4v) is 1.70. The molecule has 0 aliphatic carbocycles. The van der Waals surface area contributed by atoms with Crippen LogP contribution in [0.15, 0.2) is 48.5 Å². The first kappa shape index (κ1) is 14.9. The fraction of sp³-hybridized carbons (Fsp3) is 0.188. The molecule has 2 aromatic rings. The summed E-state index contributed by atoms with van der Waals surface area (Å²) in [6.45, 7) is 3.65. The largest absolute Gasteiger partial charge is 0.481 e. The summed E-state index contributed by atoms with van der Waals surface area (Å²) in [4.78, 5) is 11.3. The Morgan fingerprint density at radius 3 is 2.00 bits per heavy atom. The molecule has 0 aliphatic rings. The first-order valence-electron chi connectivity index (χ1n) is 6.60. The number of hydrazine groups is 1. The van der Waals surface area contributed by atoms with E-state index in [9.17, 15) is 4.79 Å². The minimum atomic E-state index is -0.654. The topological polar surface area (TPSA) is 73.6 Å². The van der Waals surface area contributed by atoms with Crippen LogP contribution in [0.25, 0.3) is 0 Å². The number of rotatable bonds is 5. The molecular weight excluding hydrogens is 268 g/mol. The van der Waals surface area contributed by atoms with Crippen LogP contribution in [0.3, 0.4) is 0 Å². The smallest absolute Gasteiger partial charge is 0.274 e. The number of ether oxygens (including phenoxy) is 2. The molecule has 0 fully saturated rings. The number of amides is 1. The Balaban J connectivity index is 1.98. The monoisotopic (exact) mass is 286 g/mol. The molecule has 110 valence electrons. The SMILES string of the molecule is Cc1ccc(Oc2ccc(OC(C)C(=O)NN)cc2)cc1. The van der Waals surface area contributed by atoms with Gasteiger partial charge >= 0.3 is 0 Å². The van der Waals surface area contributed by atoms with Gasteiger partial charge in [-0.05, 0) is 50.2 Å². The summed E-state index contributed by atoms with van der Waals surface area (Å²) in [6, 6.07) is 14.8. The molecular formula is C16H18N2O3. The van der Waals surface area contributed by atoms with E-state index in [4.69, 9.17) is 15.3 Å². The van der Waals surface area contributed by atoms with Crippen LogP contribution in [0, 0.1) is 6.92 Å². The van der Waals surface area contributed by atoms with Gasteiger partial charge in [0.2, 0.25) is 0 Å². The number of nitrogens with two attached hydrogens (primary N) is 1. The summed E-state index contributed by atoms with van der Waals surface area (Å²) in [5.41, 5.74) is 3.22. The zero-order chi connectivity index (χ0) is 15.2. The van der Waals surface area contributed by atoms with Crippen LogP contribution in [-0.4, -0.2) is 12.0 Å². The molecule has 1 amide bonds. The van der Waals surface area contributed by atoms with Crippen molar-refractivity contribution >= 4 is 5.91 Å². The van der Waals surface area contributed by atoms with Crippen molar-refractivity contribution in [1.29, 1.82) is 0 Å². The molecule has 0 aliphatic heterocycles. The average Bonchev–Trinajstić information content (AvgIpc) is 2.50. The maximum Gasteiger partial charge on any atom is 0.274 e. The van der Waals surface area contributed by atoms with E-state index in [1.807, 2.05) is 36.6 Å². The Bertz CT molecular complexity index is 594. The molecule has 0 spiro atoms. The Morgan fingerprint density at radius 2 is 1.48 bits per heavy atom. The normalized spacial score (nSPS) is 11.6. The van der Waals surface area contributed by atoms with Crippen molar-refractivity contribution < 1.29 is 14.3 Å². The van der Waals surface area contributed by atoms with E-state index in [-0.39, 0.29) is 5.91 Å². The summed E-state index contributed by atoms with van der Waals surface area (Å²) in [5, 5.41) is 0. The minimum absolute atomic E-state index is 0.380. The van der Waals surface area contributed by atoms with Gasteiger partial charge in [0.1, 0.15) is 17.2 Å². The van der Waals surface area contributed by atoms with E-state index < -0.39 is 6.10 Å². The minimum Gasteiger partial charge on any atom is -0.481 e. The molecule has 5 heteroatoms. The number of carbonyl (C=O) groups is 1. The molecule has 0 aromatic heterocycles. The molecule has 0 saturated heterocycles. The van der Waals surface area contributed by atoms with Gasteiger partial charge in [-0.2, -0.15) is 0 Å². The molecule has 5 nitrogen and oxygen atoms in total. The molecule has 1 unspecified atom stereocenters. The summed E-state index contributed by atoms with van der Waals surface area (Å²) < 4.78 is 11.1. The van der Waals surface area contributed by atoms with E-state index in [2.05, 4.69) is 0 Å². The van der Waals surface area contributed by atoms with Crippen LogP contribution in [0.5, 0.6) is 17.2 Å². The third-order valence-electron chi connectivity index (χ3n) is 2.90. The van der Waals surface area contributed by atoms with Gasteiger partial charge in [0, 0.05) is 0 Å². The maximum atomic E-state index is 11.3. The van der Waals surface area contributed by atoms with Gasteiger partial charge < -0.3 is 9.47 Å². The van der Waals surface area contributed by atoms with Crippen molar-refractivity contribution in [2.24, 2.45) is 5.84 Å². The molecule has 1 atom stereocenters. The van der Waals surface area contributed by atoms with Crippen molar-refractivity contribution in [2.75, 3.05) is 0 Å². The molecule has 21 heavy (non-hydrogen) atoms. The Kier molecular flexibility index (Phi) is 4.79. The van der Waals surface area contributed by atoms with Crippen LogP contribution in [0.1, 0.15) is 12.5 Å². The average molecular weight is 286 g/mol. The molecule has 2 rings (SSSR count). The van der Waals surface area contributed by atoms with Crippen LogP contribution in [0.4, 0.5) is 0 Å². The number of nitrogens with one attached hydrogen (secondary N) is 1. The maximum absolute atomic E-state index is 11.3. The standard InChI is InChI=1S/C16H18N2O3/c1-11-3-5-14(6-4-11)21-15-9-7-13(8-10-15)20-12(2)16(19)18-17/h3-10,12H,17H2,1-2H3,(H,18,19). The lowest BCUT2D eigenvalue weighted by Crippen LogP contribution is -2.40. The van der Waals surface area contributed by atoms with E-state index >= 15 is 0 Å². The fourth-order valence-electron chi connectivity index (χ4n) is 1.70. The Morgan fingerprint density at radius 1 is 1.00 bits per heavy atom. The van der Waals surface area contributed by atoms with Gasteiger partial charge in [0.05, 0.1) is 0 Å². The highest BCUT2D eigenvalue weighted by atomic mass is 16.5. The van der Waals surface area contributed by atoms with E-state index in [0.717, 1.165) is 5.75 Å². The first-order chi connectivity index (χ1) is 10.1. The molecule has 0 heterocycles. The highest BCUT2D eigenvalue weighted by Gasteiger charge is 2.12. The van der Waals surface area contributed by atoms with E-state index in [1.165, 1.54) is 5.56 Å². The molecule has 0 radical (unpaired) electrons. The predicted molar refractivity (Wildman–Crippen MR) is 80.1 cm³/mol. The third kappa shape index (κ3) is 4.22. The quantitative estimate of drug-likeness (QED) is 0.503. The van der Waals surface area contributed by atoms with Crippen LogP contribution < -0.4 is 20.7 Å². The van der Waals surface area contributed by atoms with Crippen molar-refractivity contribution in [3.63, 3.8) is 0 Å². The highest BCUT2D eigenvalue weighted by Crippen LogP contribution is 2.24. The van der Waals surface area contributed by atoms with Gasteiger partial charge in [-0.25, -0.2) is 5.84 Å². The van der Waals surface area contributed by atoms with Gasteiger partial charge in [-0.3, -0.25) is 10.2 Å². The second-order valence-electron chi connectivity index (χ2n) is 4.66. The second kappa shape index (κ2) is 6.76. The molecule has 0 bridgehead atoms. The zero-order valence-electron chi connectivity index (χ0n) is 12.0. The number of benzene rings is 2. The van der Waals surface area contributed by atoms with Crippen molar-refractivity contribution in [3.05, 3.63) is 54.1 Å². The van der Waals surface area contributed by atoms with Crippen molar-refractivity contribution in [2.45, 2.75) is 20.0 Å². The number of hydrogen-bond acceptors (Lipinski definition) is 4. The molecule has 3 N–H and O–H groups in total. The summed E-state index contributed by atoms with van der Waals surface area (Å²) in [7, 11) is 0. The van der Waals surface area contributed by atoms with Gasteiger partial charge in [-0.1, -0.05) is 17.7 Å². The van der Waals surface area contributed by atoms with Crippen LogP contribution >= 0.6 is 0 Å². The van der Waals surface area contributed by atoms with Crippen LogP contribution in [-0.2, 0) is 4.79 Å². The van der Waals surface area contributed by atoms with E-state index in [0.29, 0.717) is 11.5 Å².